The predicted octanol–water partition coefficient (Wildman–Crippen LogP) is 4.70. The third kappa shape index (κ3) is 1.44. The summed E-state index contributed by atoms with van der Waals surface area (Å²) in [4.78, 5) is 13.2. The lowest BCUT2D eigenvalue weighted by Crippen LogP contribution is -2.39. The second kappa shape index (κ2) is 3.85. The van der Waals surface area contributed by atoms with Crippen LogP contribution in [0.1, 0.15) is 41.6 Å². The molecule has 0 N–H and O–H groups in total. The summed E-state index contributed by atoms with van der Waals surface area (Å²) < 4.78 is 0. The molecule has 1 spiro atoms. The van der Waals surface area contributed by atoms with Crippen LogP contribution in [0.25, 0.3) is 10.8 Å². The third-order valence-corrected chi connectivity index (χ3v) is 6.03. The smallest absolute Gasteiger partial charge is 0.169 e. The van der Waals surface area contributed by atoms with Crippen LogP contribution in [-0.4, -0.2) is 5.78 Å². The van der Waals surface area contributed by atoms with Gasteiger partial charge in [0.05, 0.1) is 0 Å². The maximum absolute atomic E-state index is 13.2. The predicted molar refractivity (Wildman–Crippen MR) is 84.5 cm³/mol. The Kier molecular flexibility index (Phi) is 2.15. The van der Waals surface area contributed by atoms with Crippen LogP contribution in [0.2, 0.25) is 0 Å². The maximum Gasteiger partial charge on any atom is 0.169 e. The van der Waals surface area contributed by atoms with Crippen LogP contribution in [0.5, 0.6) is 0 Å². The Morgan fingerprint density at radius 2 is 1.90 bits per heavy atom. The van der Waals surface area contributed by atoms with Crippen LogP contribution in [0.3, 0.4) is 0 Å². The molecule has 0 aromatic heterocycles. The van der Waals surface area contributed by atoms with Crippen LogP contribution in [0.4, 0.5) is 0 Å². The van der Waals surface area contributed by atoms with Crippen LogP contribution in [0, 0.1) is 11.3 Å². The van der Waals surface area contributed by atoms with Gasteiger partial charge in [-0.1, -0.05) is 42.0 Å². The average Bonchev–Trinajstić information content (AvgIpc) is 3.11. The minimum atomic E-state index is -0.0560. The molecule has 0 saturated heterocycles. The van der Waals surface area contributed by atoms with Gasteiger partial charge in [0.15, 0.2) is 5.78 Å². The summed E-state index contributed by atoms with van der Waals surface area (Å²) in [6.07, 6.45) is 7.83. The van der Waals surface area contributed by atoms with E-state index in [1.165, 1.54) is 28.3 Å². The molecular formula is C20H18O. The van der Waals surface area contributed by atoms with E-state index in [-0.39, 0.29) is 5.41 Å². The fraction of sp³-hybridized carbons (Fsp3) is 0.350. The summed E-state index contributed by atoms with van der Waals surface area (Å²) in [5.41, 5.74) is 3.76. The standard InChI is InChI=1S/C20H18O/c21-19-18-11-15-4-2-1-3-14(15)10-16(18)7-8-20(19)12-13-5-6-17(20)9-13/h1-5,10-11,17H,6-9,12H2. The Labute approximate surface area is 124 Å². The largest absolute Gasteiger partial charge is 0.294 e. The zero-order chi connectivity index (χ0) is 14.0. The molecule has 0 heterocycles. The molecule has 0 aliphatic heterocycles. The van der Waals surface area contributed by atoms with Gasteiger partial charge in [0.2, 0.25) is 0 Å². The normalized spacial score (nSPS) is 30.0. The van der Waals surface area contributed by atoms with Crippen molar-refractivity contribution in [2.75, 3.05) is 0 Å². The van der Waals surface area contributed by atoms with E-state index in [1.54, 1.807) is 0 Å². The quantitative estimate of drug-likeness (QED) is 0.637. The highest BCUT2D eigenvalue weighted by atomic mass is 16.1. The van der Waals surface area contributed by atoms with Gasteiger partial charge in [-0.2, -0.15) is 0 Å². The first kappa shape index (κ1) is 11.7. The van der Waals surface area contributed by atoms with E-state index < -0.39 is 0 Å². The fourth-order valence-electron chi connectivity index (χ4n) is 4.91. The number of hydrogen-bond acceptors (Lipinski definition) is 1. The Morgan fingerprint density at radius 1 is 1.10 bits per heavy atom. The van der Waals surface area contributed by atoms with Crippen molar-refractivity contribution in [2.24, 2.45) is 11.3 Å². The first-order chi connectivity index (χ1) is 10.3. The van der Waals surface area contributed by atoms with E-state index >= 15 is 0 Å². The van der Waals surface area contributed by atoms with Gasteiger partial charge in [-0.25, -0.2) is 0 Å². The van der Waals surface area contributed by atoms with E-state index in [0.29, 0.717) is 11.7 Å². The van der Waals surface area contributed by atoms with Crippen molar-refractivity contribution in [1.29, 1.82) is 0 Å². The van der Waals surface area contributed by atoms with E-state index in [9.17, 15) is 4.79 Å². The van der Waals surface area contributed by atoms with Gasteiger partial charge in [-0.3, -0.25) is 4.79 Å². The lowest BCUT2D eigenvalue weighted by atomic mass is 9.63. The van der Waals surface area contributed by atoms with E-state index in [0.717, 1.165) is 31.2 Å². The second-order valence-electron chi connectivity index (χ2n) is 7.02. The average molecular weight is 274 g/mol. The van der Waals surface area contributed by atoms with Crippen LogP contribution in [0.15, 0.2) is 48.0 Å². The van der Waals surface area contributed by atoms with Gasteiger partial charge in [-0.15, -0.1) is 0 Å². The molecule has 0 radical (unpaired) electrons. The Hall–Kier alpha value is -1.89. The summed E-state index contributed by atoms with van der Waals surface area (Å²) in [5.74, 6) is 1.02. The third-order valence-electron chi connectivity index (χ3n) is 6.03. The molecule has 1 fully saturated rings. The SMILES string of the molecule is O=C1c2cc3ccccc3cc2CCC12CC1=CCC2C1. The van der Waals surface area contributed by atoms with E-state index in [4.69, 9.17) is 0 Å². The lowest BCUT2D eigenvalue weighted by molar-refractivity contribution is 0.0671. The van der Waals surface area contributed by atoms with Crippen molar-refractivity contribution in [3.63, 3.8) is 0 Å². The Bertz CT molecular complexity index is 814. The second-order valence-corrected chi connectivity index (χ2v) is 7.02. The number of allylic oxidation sites excluding steroid dienone is 2. The molecule has 1 heteroatoms. The maximum atomic E-state index is 13.2. The number of aryl methyl sites for hydroxylation is 1. The summed E-state index contributed by atoms with van der Waals surface area (Å²) >= 11 is 0. The molecular weight excluding hydrogens is 256 g/mol. The van der Waals surface area contributed by atoms with Gasteiger partial charge in [0, 0.05) is 11.0 Å². The van der Waals surface area contributed by atoms with Gasteiger partial charge in [-0.05, 0) is 60.4 Å². The molecule has 3 aliphatic carbocycles. The number of hydrogen-bond donors (Lipinski definition) is 0. The van der Waals surface area contributed by atoms with Crippen molar-refractivity contribution in [3.05, 3.63) is 59.2 Å². The van der Waals surface area contributed by atoms with Crippen LogP contribution < -0.4 is 0 Å². The molecule has 2 atom stereocenters. The Balaban J connectivity index is 1.68. The molecule has 2 unspecified atom stereocenters. The highest BCUT2D eigenvalue weighted by Crippen LogP contribution is 2.58. The molecule has 5 rings (SSSR count). The summed E-state index contributed by atoms with van der Waals surface area (Å²) in [7, 11) is 0. The van der Waals surface area contributed by atoms with Crippen molar-refractivity contribution in [1.82, 2.24) is 0 Å². The van der Waals surface area contributed by atoms with Crippen molar-refractivity contribution >= 4 is 16.6 Å². The number of carbonyl (C=O) groups excluding carboxylic acids is 1. The number of fused-ring (bicyclic) bond motifs is 5. The number of benzene rings is 2. The number of rotatable bonds is 0. The van der Waals surface area contributed by atoms with E-state index in [1.807, 2.05) is 0 Å². The molecule has 3 aliphatic rings. The minimum absolute atomic E-state index is 0.0560. The summed E-state index contributed by atoms with van der Waals surface area (Å²) in [5, 5.41) is 2.46. The van der Waals surface area contributed by atoms with Crippen molar-refractivity contribution in [2.45, 2.75) is 32.1 Å². The van der Waals surface area contributed by atoms with Crippen molar-refractivity contribution < 1.29 is 4.79 Å². The van der Waals surface area contributed by atoms with Gasteiger partial charge in [0.1, 0.15) is 0 Å². The minimum Gasteiger partial charge on any atom is -0.294 e. The molecule has 1 nitrogen and oxygen atoms in total. The number of Topliss-reactive ketones (excluding diaryl/α,β-unsaturated/α-hetero) is 1. The highest BCUT2D eigenvalue weighted by Gasteiger charge is 2.53. The van der Waals surface area contributed by atoms with E-state index in [2.05, 4.69) is 42.5 Å². The number of ketones is 1. The molecule has 2 aromatic carbocycles. The summed E-state index contributed by atoms with van der Waals surface area (Å²) in [6, 6.07) is 12.8. The molecule has 2 aromatic rings. The molecule has 21 heavy (non-hydrogen) atoms. The Morgan fingerprint density at radius 3 is 2.62 bits per heavy atom. The van der Waals surface area contributed by atoms with Crippen molar-refractivity contribution in [3.8, 4) is 0 Å². The molecule has 0 amide bonds. The zero-order valence-electron chi connectivity index (χ0n) is 12.1. The molecule has 1 saturated carbocycles. The monoisotopic (exact) mass is 274 g/mol. The van der Waals surface area contributed by atoms with Gasteiger partial charge >= 0.3 is 0 Å². The summed E-state index contributed by atoms with van der Waals surface area (Å²) in [6.45, 7) is 0. The zero-order valence-corrected chi connectivity index (χ0v) is 12.1. The van der Waals surface area contributed by atoms with Crippen LogP contribution >= 0.6 is 0 Å². The number of carbonyl (C=O) groups is 1. The first-order valence-corrected chi connectivity index (χ1v) is 8.01. The first-order valence-electron chi connectivity index (χ1n) is 8.01. The van der Waals surface area contributed by atoms with Gasteiger partial charge < -0.3 is 0 Å². The molecule has 104 valence electrons. The van der Waals surface area contributed by atoms with Gasteiger partial charge in [0.25, 0.3) is 0 Å². The lowest BCUT2D eigenvalue weighted by Gasteiger charge is -2.38. The molecule has 2 bridgehead atoms. The highest BCUT2D eigenvalue weighted by molar-refractivity contribution is 6.06. The van der Waals surface area contributed by atoms with Crippen LogP contribution in [-0.2, 0) is 6.42 Å². The topological polar surface area (TPSA) is 17.1 Å². The fourth-order valence-corrected chi connectivity index (χ4v) is 4.91.